The van der Waals surface area contributed by atoms with Gasteiger partial charge in [-0.3, -0.25) is 4.79 Å². The van der Waals surface area contributed by atoms with Gasteiger partial charge in [-0.05, 0) is 25.5 Å². The Labute approximate surface area is 83.8 Å². The smallest absolute Gasteiger partial charge is 0.161 e. The first-order chi connectivity index (χ1) is 6.65. The number of Topliss-reactive ketones (excluding diaryl/α,β-unsaturated/α-hetero) is 1. The summed E-state index contributed by atoms with van der Waals surface area (Å²) >= 11 is 0. The molecule has 0 radical (unpaired) electrons. The zero-order valence-electron chi connectivity index (χ0n) is 8.45. The third-order valence-electron chi connectivity index (χ3n) is 2.02. The van der Waals surface area contributed by atoms with Crippen molar-refractivity contribution in [2.75, 3.05) is 5.32 Å². The van der Waals surface area contributed by atoms with Gasteiger partial charge in [0, 0.05) is 11.3 Å². The number of anilines is 1. The van der Waals surface area contributed by atoms with E-state index in [0.29, 0.717) is 17.7 Å². The Hall–Kier alpha value is -1.35. The number of carbonyl (C=O) groups excluding carboxylic acids is 1. The molecule has 0 saturated heterocycles. The molecule has 0 aliphatic rings. The minimum Gasteiger partial charge on any atom is -0.374 e. The first-order valence-corrected chi connectivity index (χ1v) is 4.69. The van der Waals surface area contributed by atoms with Crippen molar-refractivity contribution in [3.05, 3.63) is 29.8 Å². The first kappa shape index (κ1) is 10.7. The van der Waals surface area contributed by atoms with Gasteiger partial charge in [-0.15, -0.1) is 0 Å². The van der Waals surface area contributed by atoms with Crippen LogP contribution in [0, 0.1) is 0 Å². The van der Waals surface area contributed by atoms with Gasteiger partial charge in [0.1, 0.15) is 6.23 Å². The third kappa shape index (κ3) is 2.57. The van der Waals surface area contributed by atoms with Crippen LogP contribution in [0.15, 0.2) is 24.3 Å². The van der Waals surface area contributed by atoms with E-state index < -0.39 is 6.23 Å². The van der Waals surface area contributed by atoms with Crippen LogP contribution in [0.2, 0.25) is 0 Å². The van der Waals surface area contributed by atoms with Crippen LogP contribution in [-0.4, -0.2) is 17.1 Å². The number of para-hydroxylation sites is 1. The zero-order valence-corrected chi connectivity index (χ0v) is 8.45. The van der Waals surface area contributed by atoms with E-state index in [1.807, 2.05) is 13.0 Å². The second-order valence-electron chi connectivity index (χ2n) is 3.17. The van der Waals surface area contributed by atoms with E-state index in [1.54, 1.807) is 18.2 Å². The average Bonchev–Trinajstić information content (AvgIpc) is 2.18. The molecule has 1 aromatic carbocycles. The van der Waals surface area contributed by atoms with Gasteiger partial charge in [0.05, 0.1) is 0 Å². The Morgan fingerprint density at radius 1 is 1.50 bits per heavy atom. The van der Waals surface area contributed by atoms with E-state index in [9.17, 15) is 9.90 Å². The molecule has 76 valence electrons. The fourth-order valence-corrected chi connectivity index (χ4v) is 1.20. The van der Waals surface area contributed by atoms with Crippen molar-refractivity contribution in [1.29, 1.82) is 0 Å². The third-order valence-corrected chi connectivity index (χ3v) is 2.02. The highest BCUT2D eigenvalue weighted by atomic mass is 16.3. The largest absolute Gasteiger partial charge is 0.374 e. The maximum atomic E-state index is 11.2. The van der Waals surface area contributed by atoms with Crippen LogP contribution in [0.4, 0.5) is 5.69 Å². The van der Waals surface area contributed by atoms with Gasteiger partial charge in [0.15, 0.2) is 5.78 Å². The molecule has 0 aliphatic heterocycles. The molecule has 1 rings (SSSR count). The topological polar surface area (TPSA) is 49.3 Å². The summed E-state index contributed by atoms with van der Waals surface area (Å²) in [5.41, 5.74) is 1.30. The molecule has 0 spiro atoms. The lowest BCUT2D eigenvalue weighted by atomic mass is 10.1. The van der Waals surface area contributed by atoms with Crippen LogP contribution >= 0.6 is 0 Å². The highest BCUT2D eigenvalue weighted by Gasteiger charge is 2.07. The molecule has 0 aromatic heterocycles. The van der Waals surface area contributed by atoms with Crippen LogP contribution in [-0.2, 0) is 0 Å². The molecule has 14 heavy (non-hydrogen) atoms. The van der Waals surface area contributed by atoms with Crippen LogP contribution in [0.3, 0.4) is 0 Å². The highest BCUT2D eigenvalue weighted by Crippen LogP contribution is 2.16. The number of nitrogens with one attached hydrogen (secondary N) is 1. The molecule has 1 atom stereocenters. The molecule has 0 saturated carbocycles. The second-order valence-corrected chi connectivity index (χ2v) is 3.17. The van der Waals surface area contributed by atoms with E-state index >= 15 is 0 Å². The fourth-order valence-electron chi connectivity index (χ4n) is 1.20. The normalized spacial score (nSPS) is 12.2. The van der Waals surface area contributed by atoms with Crippen molar-refractivity contribution in [3.63, 3.8) is 0 Å². The average molecular weight is 193 g/mol. The second kappa shape index (κ2) is 4.77. The summed E-state index contributed by atoms with van der Waals surface area (Å²) in [6.07, 6.45) is 0.00202. The minimum absolute atomic E-state index is 0.00333. The van der Waals surface area contributed by atoms with Crippen LogP contribution in [0.5, 0.6) is 0 Å². The fraction of sp³-hybridized carbons (Fsp3) is 0.364. The Kier molecular flexibility index (Phi) is 3.65. The summed E-state index contributed by atoms with van der Waals surface area (Å²) in [6, 6.07) is 7.17. The number of hydrogen-bond acceptors (Lipinski definition) is 3. The number of carbonyl (C=O) groups is 1. The number of rotatable bonds is 4. The number of ketones is 1. The molecule has 0 fully saturated rings. The summed E-state index contributed by atoms with van der Waals surface area (Å²) in [5.74, 6) is -0.00333. The van der Waals surface area contributed by atoms with Crippen molar-refractivity contribution in [2.24, 2.45) is 0 Å². The van der Waals surface area contributed by atoms with Crippen molar-refractivity contribution >= 4 is 11.5 Å². The highest BCUT2D eigenvalue weighted by molar-refractivity contribution is 5.99. The Morgan fingerprint density at radius 3 is 2.71 bits per heavy atom. The maximum Gasteiger partial charge on any atom is 0.161 e. The summed E-state index contributed by atoms with van der Waals surface area (Å²) in [7, 11) is 0. The molecule has 3 heteroatoms. The summed E-state index contributed by atoms with van der Waals surface area (Å²) in [6.45, 7) is 3.38. The molecule has 2 N–H and O–H groups in total. The quantitative estimate of drug-likeness (QED) is 0.568. The lowest BCUT2D eigenvalue weighted by Gasteiger charge is -2.14. The van der Waals surface area contributed by atoms with Gasteiger partial charge < -0.3 is 10.4 Å². The Balaban J connectivity index is 2.90. The van der Waals surface area contributed by atoms with Crippen molar-refractivity contribution in [2.45, 2.75) is 26.5 Å². The van der Waals surface area contributed by atoms with Crippen LogP contribution in [0.25, 0.3) is 0 Å². The molecular weight excluding hydrogens is 178 g/mol. The van der Waals surface area contributed by atoms with E-state index in [4.69, 9.17) is 0 Å². The first-order valence-electron chi connectivity index (χ1n) is 4.69. The van der Waals surface area contributed by atoms with Gasteiger partial charge in [-0.1, -0.05) is 19.1 Å². The van der Waals surface area contributed by atoms with E-state index in [-0.39, 0.29) is 5.78 Å². The van der Waals surface area contributed by atoms with Crippen LogP contribution in [0.1, 0.15) is 30.6 Å². The number of benzene rings is 1. The summed E-state index contributed by atoms with van der Waals surface area (Å²) in [4.78, 5) is 11.2. The Bertz CT molecular complexity index is 323. The van der Waals surface area contributed by atoms with E-state index in [1.165, 1.54) is 6.92 Å². The molecule has 1 aromatic rings. The van der Waals surface area contributed by atoms with E-state index in [2.05, 4.69) is 5.32 Å². The molecular formula is C11H15NO2. The van der Waals surface area contributed by atoms with E-state index in [0.717, 1.165) is 0 Å². The predicted molar refractivity (Wildman–Crippen MR) is 56.4 cm³/mol. The monoisotopic (exact) mass is 193 g/mol. The van der Waals surface area contributed by atoms with Gasteiger partial charge in [-0.2, -0.15) is 0 Å². The minimum atomic E-state index is -0.601. The van der Waals surface area contributed by atoms with Gasteiger partial charge in [0.2, 0.25) is 0 Å². The summed E-state index contributed by atoms with van der Waals surface area (Å²) in [5, 5.41) is 12.3. The van der Waals surface area contributed by atoms with Crippen molar-refractivity contribution in [1.82, 2.24) is 0 Å². The predicted octanol–water partition coefficient (Wildman–Crippen LogP) is 2.03. The SMILES string of the molecule is CCC(O)Nc1ccccc1C(C)=O. The van der Waals surface area contributed by atoms with Gasteiger partial charge >= 0.3 is 0 Å². The van der Waals surface area contributed by atoms with Crippen LogP contribution < -0.4 is 5.32 Å². The standard InChI is InChI=1S/C11H15NO2/c1-3-11(14)12-10-7-5-4-6-9(10)8(2)13/h4-7,11-12,14H,3H2,1-2H3. The van der Waals surface area contributed by atoms with Gasteiger partial charge in [-0.25, -0.2) is 0 Å². The number of aliphatic hydroxyl groups excluding tert-OH is 1. The van der Waals surface area contributed by atoms with Crippen molar-refractivity contribution < 1.29 is 9.90 Å². The van der Waals surface area contributed by atoms with Gasteiger partial charge in [0.25, 0.3) is 0 Å². The zero-order chi connectivity index (χ0) is 10.6. The molecule has 0 bridgehead atoms. The molecule has 0 amide bonds. The van der Waals surface area contributed by atoms with Crippen molar-refractivity contribution in [3.8, 4) is 0 Å². The Morgan fingerprint density at radius 2 is 2.14 bits per heavy atom. The molecule has 1 unspecified atom stereocenters. The number of aliphatic hydroxyl groups is 1. The molecule has 0 aliphatic carbocycles. The summed E-state index contributed by atoms with van der Waals surface area (Å²) < 4.78 is 0. The maximum absolute atomic E-state index is 11.2. The molecule has 0 heterocycles. The lowest BCUT2D eigenvalue weighted by molar-refractivity contribution is 0.101. The lowest BCUT2D eigenvalue weighted by Crippen LogP contribution is -2.18. The number of hydrogen-bond donors (Lipinski definition) is 2. The molecule has 3 nitrogen and oxygen atoms in total.